The monoisotopic (exact) mass is 338 g/mol. The number of aliphatic hydroxyl groups excluding tert-OH is 1. The van der Waals surface area contributed by atoms with Crippen LogP contribution in [0.15, 0.2) is 22.7 Å². The van der Waals surface area contributed by atoms with Gasteiger partial charge in [-0.05, 0) is 66.4 Å². The Kier molecular flexibility index (Phi) is 4.07. The molecule has 2 N–H and O–H groups in total. The van der Waals surface area contributed by atoms with Gasteiger partial charge in [-0.15, -0.1) is 0 Å². The van der Waals surface area contributed by atoms with Gasteiger partial charge in [0.1, 0.15) is 0 Å². The Bertz CT molecular complexity index is 493. The fraction of sp³-hybridized carbons (Fsp3) is 0.625. The zero-order chi connectivity index (χ0) is 14.3. The van der Waals surface area contributed by atoms with Crippen molar-refractivity contribution in [1.29, 1.82) is 0 Å². The van der Waals surface area contributed by atoms with E-state index in [1.807, 2.05) is 7.05 Å². The van der Waals surface area contributed by atoms with Gasteiger partial charge in [0.15, 0.2) is 0 Å². The molecule has 3 rings (SSSR count). The van der Waals surface area contributed by atoms with E-state index in [1.165, 1.54) is 17.7 Å². The maximum Gasteiger partial charge on any atom is 0.0588 e. The summed E-state index contributed by atoms with van der Waals surface area (Å²) in [6.07, 6.45) is 2.07. The molecule has 1 heterocycles. The van der Waals surface area contributed by atoms with Gasteiger partial charge in [-0.3, -0.25) is 0 Å². The molecule has 0 aromatic heterocycles. The molecule has 1 saturated carbocycles. The van der Waals surface area contributed by atoms with Crippen molar-refractivity contribution in [2.45, 2.75) is 31.9 Å². The molecule has 2 fully saturated rings. The van der Waals surface area contributed by atoms with Crippen molar-refractivity contribution >= 4 is 21.6 Å². The summed E-state index contributed by atoms with van der Waals surface area (Å²) in [6.45, 7) is 4.24. The molecule has 20 heavy (non-hydrogen) atoms. The molecule has 4 unspecified atom stereocenters. The summed E-state index contributed by atoms with van der Waals surface area (Å²) < 4.78 is 1.16. The van der Waals surface area contributed by atoms with E-state index in [0.29, 0.717) is 17.9 Å². The zero-order valence-electron chi connectivity index (χ0n) is 12.1. The van der Waals surface area contributed by atoms with Crippen LogP contribution in [0, 0.1) is 11.8 Å². The number of nitrogens with zero attached hydrogens (tertiary/aromatic N) is 1. The minimum Gasteiger partial charge on any atom is -0.393 e. The molecule has 4 atom stereocenters. The van der Waals surface area contributed by atoms with Crippen LogP contribution < -0.4 is 10.2 Å². The van der Waals surface area contributed by atoms with Gasteiger partial charge in [-0.2, -0.15) is 0 Å². The lowest BCUT2D eigenvalue weighted by molar-refractivity contribution is 0.133. The van der Waals surface area contributed by atoms with E-state index in [2.05, 4.69) is 51.3 Å². The number of halogens is 1. The summed E-state index contributed by atoms with van der Waals surface area (Å²) in [5.74, 6) is 1.14. The minimum atomic E-state index is -0.0904. The maximum absolute atomic E-state index is 10.0. The minimum absolute atomic E-state index is 0.0904. The molecule has 1 aliphatic carbocycles. The van der Waals surface area contributed by atoms with E-state index in [9.17, 15) is 5.11 Å². The van der Waals surface area contributed by atoms with Crippen molar-refractivity contribution in [2.24, 2.45) is 11.8 Å². The average Bonchev–Trinajstić information content (AvgIpc) is 3.00. The van der Waals surface area contributed by atoms with Gasteiger partial charge >= 0.3 is 0 Å². The van der Waals surface area contributed by atoms with Crippen LogP contribution in [0.25, 0.3) is 0 Å². The van der Waals surface area contributed by atoms with Crippen molar-refractivity contribution in [2.75, 3.05) is 25.0 Å². The van der Waals surface area contributed by atoms with Crippen LogP contribution in [0.4, 0.5) is 5.69 Å². The molecule has 0 amide bonds. The predicted molar refractivity (Wildman–Crippen MR) is 86.1 cm³/mol. The molecule has 3 nitrogen and oxygen atoms in total. The molecular weight excluding hydrogens is 316 g/mol. The molecule has 2 aliphatic rings. The van der Waals surface area contributed by atoms with E-state index in [0.717, 1.165) is 24.0 Å². The Morgan fingerprint density at radius 3 is 2.80 bits per heavy atom. The number of nitrogens with one attached hydrogen (secondary N) is 1. The number of rotatable bonds is 3. The maximum atomic E-state index is 10.0. The zero-order valence-corrected chi connectivity index (χ0v) is 13.7. The first-order chi connectivity index (χ1) is 9.60. The molecule has 0 spiro atoms. The summed E-state index contributed by atoms with van der Waals surface area (Å²) in [5.41, 5.74) is 2.56. The smallest absolute Gasteiger partial charge is 0.0588 e. The van der Waals surface area contributed by atoms with Gasteiger partial charge in [0.05, 0.1) is 11.8 Å². The number of hydrogen-bond donors (Lipinski definition) is 2. The van der Waals surface area contributed by atoms with Crippen LogP contribution in [0.1, 0.15) is 31.4 Å². The van der Waals surface area contributed by atoms with Crippen molar-refractivity contribution in [3.63, 3.8) is 0 Å². The lowest BCUT2D eigenvalue weighted by Crippen LogP contribution is -2.24. The highest BCUT2D eigenvalue weighted by molar-refractivity contribution is 9.10. The van der Waals surface area contributed by atoms with Crippen LogP contribution in [0.5, 0.6) is 0 Å². The van der Waals surface area contributed by atoms with Gasteiger partial charge in [0, 0.05) is 29.5 Å². The van der Waals surface area contributed by atoms with E-state index in [-0.39, 0.29) is 6.10 Å². The van der Waals surface area contributed by atoms with Crippen LogP contribution in [-0.4, -0.2) is 31.3 Å². The quantitative estimate of drug-likeness (QED) is 0.889. The third-order valence-corrected chi connectivity index (χ3v) is 5.70. The molecular formula is C16H23BrN2O. The summed E-state index contributed by atoms with van der Waals surface area (Å²) in [5, 5.41) is 13.3. The normalized spacial score (nSPS) is 30.6. The SMILES string of the molecule is CNC(C)c1ccc(N2CC3CCC(O)C3C2)c(Br)c1. The Morgan fingerprint density at radius 1 is 1.35 bits per heavy atom. The van der Waals surface area contributed by atoms with Gasteiger partial charge in [-0.1, -0.05) is 6.07 Å². The first-order valence-corrected chi connectivity index (χ1v) is 8.29. The molecule has 0 radical (unpaired) electrons. The van der Waals surface area contributed by atoms with E-state index in [4.69, 9.17) is 0 Å². The number of fused-ring (bicyclic) bond motifs is 1. The Hall–Kier alpha value is -0.580. The lowest BCUT2D eigenvalue weighted by atomic mass is 10.00. The Labute approximate surface area is 129 Å². The second-order valence-corrected chi connectivity index (χ2v) is 7.05. The fourth-order valence-corrected chi connectivity index (χ4v) is 4.30. The molecule has 1 aromatic rings. The Morgan fingerprint density at radius 2 is 2.15 bits per heavy atom. The van der Waals surface area contributed by atoms with Crippen LogP contribution >= 0.6 is 15.9 Å². The first kappa shape index (κ1) is 14.4. The molecule has 110 valence electrons. The van der Waals surface area contributed by atoms with E-state index < -0.39 is 0 Å². The predicted octanol–water partition coefficient (Wildman–Crippen LogP) is 2.94. The first-order valence-electron chi connectivity index (χ1n) is 7.50. The van der Waals surface area contributed by atoms with Crippen LogP contribution in [0.3, 0.4) is 0 Å². The summed E-state index contributed by atoms with van der Waals surface area (Å²) in [6, 6.07) is 6.98. The third-order valence-electron chi connectivity index (χ3n) is 5.06. The number of hydrogen-bond acceptors (Lipinski definition) is 3. The summed E-state index contributed by atoms with van der Waals surface area (Å²) in [7, 11) is 1.98. The molecule has 1 saturated heterocycles. The van der Waals surface area contributed by atoms with Crippen molar-refractivity contribution in [3.05, 3.63) is 28.2 Å². The molecule has 1 aliphatic heterocycles. The number of aliphatic hydroxyl groups is 1. The lowest BCUT2D eigenvalue weighted by Gasteiger charge is -2.23. The van der Waals surface area contributed by atoms with Crippen molar-refractivity contribution < 1.29 is 5.11 Å². The average molecular weight is 339 g/mol. The van der Waals surface area contributed by atoms with Gasteiger partial charge in [0.25, 0.3) is 0 Å². The fourth-order valence-electron chi connectivity index (χ4n) is 3.65. The highest BCUT2D eigenvalue weighted by atomic mass is 79.9. The second kappa shape index (κ2) is 5.66. The van der Waals surface area contributed by atoms with Gasteiger partial charge < -0.3 is 15.3 Å². The molecule has 4 heteroatoms. The summed E-state index contributed by atoms with van der Waals surface area (Å²) in [4.78, 5) is 2.43. The van der Waals surface area contributed by atoms with Crippen LogP contribution in [-0.2, 0) is 0 Å². The van der Waals surface area contributed by atoms with E-state index in [1.54, 1.807) is 0 Å². The van der Waals surface area contributed by atoms with Gasteiger partial charge in [-0.25, -0.2) is 0 Å². The second-order valence-electron chi connectivity index (χ2n) is 6.19. The molecule has 0 bridgehead atoms. The van der Waals surface area contributed by atoms with Crippen LogP contribution in [0.2, 0.25) is 0 Å². The highest BCUT2D eigenvalue weighted by Gasteiger charge is 2.42. The van der Waals surface area contributed by atoms with Crippen molar-refractivity contribution in [3.8, 4) is 0 Å². The van der Waals surface area contributed by atoms with Gasteiger partial charge in [0.2, 0.25) is 0 Å². The Balaban J connectivity index is 1.78. The number of anilines is 1. The highest BCUT2D eigenvalue weighted by Crippen LogP contribution is 2.41. The summed E-state index contributed by atoms with van der Waals surface area (Å²) >= 11 is 3.72. The number of benzene rings is 1. The van der Waals surface area contributed by atoms with Crippen molar-refractivity contribution in [1.82, 2.24) is 5.32 Å². The topological polar surface area (TPSA) is 35.5 Å². The third kappa shape index (κ3) is 2.49. The molecule has 1 aromatic carbocycles. The van der Waals surface area contributed by atoms with E-state index >= 15 is 0 Å². The largest absolute Gasteiger partial charge is 0.393 e. The standard InChI is InChI=1S/C16H23BrN2O/c1-10(18-2)11-3-5-15(14(17)7-11)19-8-12-4-6-16(20)13(12)9-19/h3,5,7,10,12-13,16,18,20H,4,6,8-9H2,1-2H3.